The van der Waals surface area contributed by atoms with Gasteiger partial charge < -0.3 is 10.1 Å². The Morgan fingerprint density at radius 2 is 2.00 bits per heavy atom. The Morgan fingerprint density at radius 1 is 1.21 bits per heavy atom. The van der Waals surface area contributed by atoms with Gasteiger partial charge in [0.2, 0.25) is 0 Å². The van der Waals surface area contributed by atoms with Crippen molar-refractivity contribution >= 4 is 11.3 Å². The molecule has 5 heteroatoms. The molecule has 0 aliphatic heterocycles. The molecule has 3 aromatic rings. The smallest absolute Gasteiger partial charge is 0.160 e. The van der Waals surface area contributed by atoms with E-state index in [0.717, 1.165) is 33.8 Å². The Balaban J connectivity index is 1.71. The first kappa shape index (κ1) is 16.0. The molecule has 0 bridgehead atoms. The number of fused-ring (bicyclic) bond motifs is 1. The Kier molecular flexibility index (Phi) is 4.78. The predicted molar refractivity (Wildman–Crippen MR) is 95.0 cm³/mol. The van der Waals surface area contributed by atoms with Crippen molar-refractivity contribution in [3.63, 3.8) is 0 Å². The second-order valence-electron chi connectivity index (χ2n) is 5.61. The Labute approximate surface area is 141 Å². The van der Waals surface area contributed by atoms with E-state index in [1.54, 1.807) is 7.11 Å². The van der Waals surface area contributed by atoms with Crippen molar-refractivity contribution in [2.24, 2.45) is 0 Å². The molecule has 1 aromatic carbocycles. The van der Waals surface area contributed by atoms with E-state index < -0.39 is 0 Å². The van der Waals surface area contributed by atoms with Gasteiger partial charge in [-0.3, -0.25) is 0 Å². The number of nitrogens with one attached hydrogen (secondary N) is 1. The van der Waals surface area contributed by atoms with Gasteiger partial charge >= 0.3 is 0 Å². The lowest BCUT2D eigenvalue weighted by Gasteiger charge is -2.06. The summed E-state index contributed by atoms with van der Waals surface area (Å²) in [5, 5.41) is 7.82. The maximum Gasteiger partial charge on any atom is 0.160 e. The number of hydrogen-bond donors (Lipinski definition) is 1. The maximum absolute atomic E-state index is 4.92. The zero-order valence-corrected chi connectivity index (χ0v) is 14.1. The van der Waals surface area contributed by atoms with Crippen LogP contribution < -0.4 is 5.32 Å². The van der Waals surface area contributed by atoms with Crippen LogP contribution in [0.4, 0.5) is 5.69 Å². The molecule has 5 nitrogen and oxygen atoms in total. The molecule has 122 valence electrons. The first-order chi connectivity index (χ1) is 11.7. The SMILES string of the molecule is COCC#Cc1ccc(NCc2cnn3c(C)cc(C)nc23)cc1. The average Bonchev–Trinajstić information content (AvgIpc) is 2.97. The van der Waals surface area contributed by atoms with Crippen LogP contribution >= 0.6 is 0 Å². The molecule has 0 radical (unpaired) electrons. The van der Waals surface area contributed by atoms with Crippen LogP contribution in [0.1, 0.15) is 22.5 Å². The van der Waals surface area contributed by atoms with Gasteiger partial charge in [0.1, 0.15) is 6.61 Å². The molecule has 2 aromatic heterocycles. The molecule has 0 amide bonds. The molecular formula is C19H20N4O. The maximum atomic E-state index is 4.92. The molecule has 2 heterocycles. The lowest BCUT2D eigenvalue weighted by atomic mass is 10.2. The van der Waals surface area contributed by atoms with Crippen molar-refractivity contribution in [3.8, 4) is 11.8 Å². The van der Waals surface area contributed by atoms with Crippen LogP contribution in [-0.4, -0.2) is 28.3 Å². The summed E-state index contributed by atoms with van der Waals surface area (Å²) in [4.78, 5) is 4.59. The molecular weight excluding hydrogens is 300 g/mol. The summed E-state index contributed by atoms with van der Waals surface area (Å²) in [6.07, 6.45) is 1.87. The lowest BCUT2D eigenvalue weighted by Crippen LogP contribution is -2.02. The molecule has 0 unspecified atom stereocenters. The van der Waals surface area contributed by atoms with Gasteiger partial charge in [-0.25, -0.2) is 9.50 Å². The summed E-state index contributed by atoms with van der Waals surface area (Å²) in [6, 6.07) is 10.1. The summed E-state index contributed by atoms with van der Waals surface area (Å²) < 4.78 is 6.79. The molecule has 0 aliphatic rings. The van der Waals surface area contributed by atoms with Crippen LogP contribution in [-0.2, 0) is 11.3 Å². The molecule has 24 heavy (non-hydrogen) atoms. The molecule has 0 aliphatic carbocycles. The Bertz CT molecular complexity index is 901. The minimum absolute atomic E-state index is 0.445. The molecule has 0 atom stereocenters. The largest absolute Gasteiger partial charge is 0.381 e. The summed E-state index contributed by atoms with van der Waals surface area (Å²) in [5.74, 6) is 6.00. The van der Waals surface area contributed by atoms with E-state index in [1.165, 1.54) is 0 Å². The Hall–Kier alpha value is -2.84. The molecule has 3 rings (SSSR count). The van der Waals surface area contributed by atoms with E-state index in [0.29, 0.717) is 13.2 Å². The fourth-order valence-electron chi connectivity index (χ4n) is 2.52. The molecule has 0 saturated carbocycles. The quantitative estimate of drug-likeness (QED) is 0.751. The number of methoxy groups -OCH3 is 1. The van der Waals surface area contributed by atoms with Gasteiger partial charge in [-0.05, 0) is 44.2 Å². The van der Waals surface area contributed by atoms with Crippen molar-refractivity contribution in [1.82, 2.24) is 14.6 Å². The number of hydrogen-bond acceptors (Lipinski definition) is 4. The van der Waals surface area contributed by atoms with Gasteiger partial charge in [-0.1, -0.05) is 11.8 Å². The standard InChI is InChI=1S/C19H20N4O/c1-14-11-15(2)23-19(22-14)17(13-21-23)12-20-18-8-6-16(7-9-18)5-4-10-24-3/h6-9,11,13,20H,10,12H2,1-3H3. The lowest BCUT2D eigenvalue weighted by molar-refractivity contribution is 0.240. The van der Waals surface area contributed by atoms with Crippen LogP contribution in [0.25, 0.3) is 5.65 Å². The molecule has 0 fully saturated rings. The van der Waals surface area contributed by atoms with E-state index in [1.807, 2.05) is 54.9 Å². The summed E-state index contributed by atoms with van der Waals surface area (Å²) in [6.45, 7) is 5.16. The van der Waals surface area contributed by atoms with Gasteiger partial charge in [0.15, 0.2) is 5.65 Å². The highest BCUT2D eigenvalue weighted by molar-refractivity contribution is 5.52. The van der Waals surface area contributed by atoms with E-state index >= 15 is 0 Å². The predicted octanol–water partition coefficient (Wildman–Crippen LogP) is 2.96. The highest BCUT2D eigenvalue weighted by Crippen LogP contribution is 2.15. The van der Waals surface area contributed by atoms with E-state index in [9.17, 15) is 0 Å². The first-order valence-corrected chi connectivity index (χ1v) is 7.80. The minimum atomic E-state index is 0.445. The topological polar surface area (TPSA) is 51.5 Å². The average molecular weight is 320 g/mol. The van der Waals surface area contributed by atoms with Crippen molar-refractivity contribution in [2.45, 2.75) is 20.4 Å². The normalized spacial score (nSPS) is 10.5. The zero-order valence-electron chi connectivity index (χ0n) is 14.1. The van der Waals surface area contributed by atoms with Crippen LogP contribution in [0.5, 0.6) is 0 Å². The number of benzene rings is 1. The van der Waals surface area contributed by atoms with Crippen molar-refractivity contribution in [2.75, 3.05) is 19.0 Å². The van der Waals surface area contributed by atoms with Gasteiger partial charge in [-0.15, -0.1) is 0 Å². The summed E-state index contributed by atoms with van der Waals surface area (Å²) in [7, 11) is 1.64. The van der Waals surface area contributed by atoms with E-state index in [2.05, 4.69) is 27.2 Å². The number of aryl methyl sites for hydroxylation is 2. The minimum Gasteiger partial charge on any atom is -0.381 e. The van der Waals surface area contributed by atoms with Gasteiger partial charge in [0.05, 0.1) is 6.20 Å². The monoisotopic (exact) mass is 320 g/mol. The first-order valence-electron chi connectivity index (χ1n) is 7.80. The molecule has 1 N–H and O–H groups in total. The highest BCUT2D eigenvalue weighted by atomic mass is 16.5. The van der Waals surface area contributed by atoms with Crippen molar-refractivity contribution in [1.29, 1.82) is 0 Å². The van der Waals surface area contributed by atoms with E-state index in [-0.39, 0.29) is 0 Å². The van der Waals surface area contributed by atoms with Gasteiger partial charge in [-0.2, -0.15) is 5.10 Å². The van der Waals surface area contributed by atoms with Crippen LogP contribution in [0.2, 0.25) is 0 Å². The zero-order chi connectivity index (χ0) is 16.9. The number of anilines is 1. The highest BCUT2D eigenvalue weighted by Gasteiger charge is 2.08. The third-order valence-corrected chi connectivity index (χ3v) is 3.67. The summed E-state index contributed by atoms with van der Waals surface area (Å²) in [5.41, 5.74) is 6.08. The van der Waals surface area contributed by atoms with Crippen molar-refractivity contribution in [3.05, 3.63) is 59.0 Å². The molecule has 0 saturated heterocycles. The Morgan fingerprint density at radius 3 is 2.75 bits per heavy atom. The van der Waals surface area contributed by atoms with Gasteiger partial charge in [0.25, 0.3) is 0 Å². The second kappa shape index (κ2) is 7.16. The number of nitrogens with zero attached hydrogens (tertiary/aromatic N) is 3. The van der Waals surface area contributed by atoms with Crippen LogP contribution in [0.15, 0.2) is 36.5 Å². The van der Waals surface area contributed by atoms with Crippen LogP contribution in [0.3, 0.4) is 0 Å². The fourth-order valence-corrected chi connectivity index (χ4v) is 2.52. The van der Waals surface area contributed by atoms with E-state index in [4.69, 9.17) is 4.74 Å². The third kappa shape index (κ3) is 3.55. The summed E-state index contributed by atoms with van der Waals surface area (Å²) >= 11 is 0. The van der Waals surface area contributed by atoms with Crippen LogP contribution in [0, 0.1) is 25.7 Å². The van der Waals surface area contributed by atoms with Gasteiger partial charge in [0, 0.05) is 41.9 Å². The number of ether oxygens (including phenoxy) is 1. The van der Waals surface area contributed by atoms with Crippen molar-refractivity contribution < 1.29 is 4.74 Å². The molecule has 0 spiro atoms. The number of rotatable bonds is 4. The second-order valence-corrected chi connectivity index (χ2v) is 5.61. The fraction of sp³-hybridized carbons (Fsp3) is 0.263. The number of aromatic nitrogens is 3. The third-order valence-electron chi connectivity index (χ3n) is 3.67.